The van der Waals surface area contributed by atoms with Gasteiger partial charge >= 0.3 is 0 Å². The molecule has 20 heavy (non-hydrogen) atoms. The molecule has 0 atom stereocenters. The van der Waals surface area contributed by atoms with Crippen molar-refractivity contribution in [3.8, 4) is 5.75 Å². The van der Waals surface area contributed by atoms with E-state index >= 15 is 0 Å². The van der Waals surface area contributed by atoms with Crippen molar-refractivity contribution in [3.63, 3.8) is 0 Å². The average molecular weight is 266 g/mol. The third-order valence-electron chi connectivity index (χ3n) is 3.42. The predicted octanol–water partition coefficient (Wildman–Crippen LogP) is 5.30. The van der Waals surface area contributed by atoms with Gasteiger partial charge in [0.25, 0.3) is 0 Å². The van der Waals surface area contributed by atoms with Gasteiger partial charge in [-0.2, -0.15) is 0 Å². The molecule has 0 aliphatic carbocycles. The Kier molecular flexibility index (Phi) is 4.62. The Balaban J connectivity index is 2.25. The molecule has 0 saturated carbocycles. The van der Waals surface area contributed by atoms with Crippen molar-refractivity contribution in [2.75, 3.05) is 7.11 Å². The Hall–Kier alpha value is -2.02. The van der Waals surface area contributed by atoms with Crippen LogP contribution < -0.4 is 4.74 Å². The molecule has 2 aromatic rings. The molecule has 0 saturated heterocycles. The highest BCUT2D eigenvalue weighted by molar-refractivity contribution is 5.70. The van der Waals surface area contributed by atoms with Crippen LogP contribution in [0.25, 0.3) is 12.2 Å². The lowest BCUT2D eigenvalue weighted by molar-refractivity contribution is 0.407. The maximum absolute atomic E-state index is 5.41. The summed E-state index contributed by atoms with van der Waals surface area (Å²) in [6.45, 7) is 6.47. The monoisotopic (exact) mass is 266 g/mol. The summed E-state index contributed by atoms with van der Waals surface area (Å²) >= 11 is 0. The molecule has 0 bridgehead atoms. The maximum Gasteiger partial charge on any atom is 0.122 e. The minimum atomic E-state index is 0.456. The summed E-state index contributed by atoms with van der Waals surface area (Å²) < 4.78 is 5.41. The molecule has 0 spiro atoms. The SMILES string of the molecule is COc1ccc(/C=C/c2ccc(C)cc2)cc1C(C)C. The largest absolute Gasteiger partial charge is 0.496 e. The lowest BCUT2D eigenvalue weighted by Gasteiger charge is -2.12. The third kappa shape index (κ3) is 3.51. The van der Waals surface area contributed by atoms with E-state index < -0.39 is 0 Å². The van der Waals surface area contributed by atoms with E-state index in [2.05, 4.69) is 69.3 Å². The molecule has 0 amide bonds. The van der Waals surface area contributed by atoms with E-state index in [0.29, 0.717) is 5.92 Å². The number of methoxy groups -OCH3 is 1. The van der Waals surface area contributed by atoms with Crippen LogP contribution in [0.4, 0.5) is 0 Å². The molecule has 104 valence electrons. The van der Waals surface area contributed by atoms with Crippen molar-refractivity contribution >= 4 is 12.2 Å². The van der Waals surface area contributed by atoms with Gasteiger partial charge in [-0.05, 0) is 41.7 Å². The minimum absolute atomic E-state index is 0.456. The van der Waals surface area contributed by atoms with Gasteiger partial charge < -0.3 is 4.74 Å². The van der Waals surface area contributed by atoms with Crippen LogP contribution in [0.5, 0.6) is 5.75 Å². The highest BCUT2D eigenvalue weighted by Crippen LogP contribution is 2.27. The van der Waals surface area contributed by atoms with Crippen LogP contribution in [0, 0.1) is 6.92 Å². The Morgan fingerprint density at radius 3 is 2.10 bits per heavy atom. The summed E-state index contributed by atoms with van der Waals surface area (Å²) in [7, 11) is 1.73. The van der Waals surface area contributed by atoms with Crippen molar-refractivity contribution in [1.29, 1.82) is 0 Å². The van der Waals surface area contributed by atoms with E-state index in [4.69, 9.17) is 4.74 Å². The summed E-state index contributed by atoms with van der Waals surface area (Å²) in [5, 5.41) is 0. The normalized spacial score (nSPS) is 11.2. The first-order valence-corrected chi connectivity index (χ1v) is 7.03. The number of hydrogen-bond donors (Lipinski definition) is 0. The zero-order valence-corrected chi connectivity index (χ0v) is 12.7. The van der Waals surface area contributed by atoms with Crippen LogP contribution in [0.1, 0.15) is 42.0 Å². The molecule has 1 heteroatoms. The van der Waals surface area contributed by atoms with Gasteiger partial charge in [0.1, 0.15) is 5.75 Å². The van der Waals surface area contributed by atoms with Crippen LogP contribution in [-0.2, 0) is 0 Å². The van der Waals surface area contributed by atoms with Gasteiger partial charge in [0, 0.05) is 0 Å². The van der Waals surface area contributed by atoms with Gasteiger partial charge in [-0.25, -0.2) is 0 Å². The molecule has 2 aromatic carbocycles. The summed E-state index contributed by atoms with van der Waals surface area (Å²) in [5.74, 6) is 1.42. The van der Waals surface area contributed by atoms with Crippen LogP contribution in [0.15, 0.2) is 42.5 Å². The summed E-state index contributed by atoms with van der Waals surface area (Å²) in [6, 6.07) is 14.9. The number of hydrogen-bond acceptors (Lipinski definition) is 1. The topological polar surface area (TPSA) is 9.23 Å². The van der Waals surface area contributed by atoms with Crippen LogP contribution >= 0.6 is 0 Å². The Bertz CT molecular complexity index is 592. The Morgan fingerprint density at radius 1 is 0.900 bits per heavy atom. The van der Waals surface area contributed by atoms with Gasteiger partial charge in [0.05, 0.1) is 7.11 Å². The lowest BCUT2D eigenvalue weighted by atomic mass is 9.99. The second-order valence-electron chi connectivity index (χ2n) is 5.40. The van der Waals surface area contributed by atoms with Crippen molar-refractivity contribution in [2.24, 2.45) is 0 Å². The number of aryl methyl sites for hydroxylation is 1. The summed E-state index contributed by atoms with van der Waals surface area (Å²) in [6.07, 6.45) is 4.29. The van der Waals surface area contributed by atoms with Crippen LogP contribution in [-0.4, -0.2) is 7.11 Å². The minimum Gasteiger partial charge on any atom is -0.496 e. The zero-order valence-electron chi connectivity index (χ0n) is 12.7. The molecule has 0 aliphatic heterocycles. The zero-order chi connectivity index (χ0) is 14.5. The molecule has 0 radical (unpaired) electrons. The van der Waals surface area contributed by atoms with E-state index in [-0.39, 0.29) is 0 Å². The van der Waals surface area contributed by atoms with Gasteiger partial charge in [-0.15, -0.1) is 0 Å². The van der Waals surface area contributed by atoms with Crippen molar-refractivity contribution < 1.29 is 4.74 Å². The van der Waals surface area contributed by atoms with Crippen molar-refractivity contribution in [3.05, 3.63) is 64.7 Å². The van der Waals surface area contributed by atoms with Gasteiger partial charge in [-0.1, -0.05) is 61.9 Å². The highest BCUT2D eigenvalue weighted by Gasteiger charge is 2.07. The molecule has 0 N–H and O–H groups in total. The molecule has 2 rings (SSSR count). The quantitative estimate of drug-likeness (QED) is 0.682. The Morgan fingerprint density at radius 2 is 1.50 bits per heavy atom. The lowest BCUT2D eigenvalue weighted by Crippen LogP contribution is -1.94. The van der Waals surface area contributed by atoms with Gasteiger partial charge in [0.15, 0.2) is 0 Å². The van der Waals surface area contributed by atoms with E-state index in [1.54, 1.807) is 7.11 Å². The van der Waals surface area contributed by atoms with Crippen molar-refractivity contribution in [1.82, 2.24) is 0 Å². The molecule has 0 aromatic heterocycles. The molecule has 0 fully saturated rings. The van der Waals surface area contributed by atoms with Crippen LogP contribution in [0.3, 0.4) is 0 Å². The summed E-state index contributed by atoms with van der Waals surface area (Å²) in [4.78, 5) is 0. The first-order valence-electron chi connectivity index (χ1n) is 7.03. The smallest absolute Gasteiger partial charge is 0.122 e. The van der Waals surface area contributed by atoms with E-state index in [1.165, 1.54) is 22.3 Å². The van der Waals surface area contributed by atoms with E-state index in [1.807, 2.05) is 6.07 Å². The first kappa shape index (κ1) is 14.4. The number of rotatable bonds is 4. The fourth-order valence-corrected chi connectivity index (χ4v) is 2.18. The second kappa shape index (κ2) is 6.42. The van der Waals surface area contributed by atoms with E-state index in [9.17, 15) is 0 Å². The molecule has 0 aliphatic rings. The molecular weight excluding hydrogens is 244 g/mol. The maximum atomic E-state index is 5.41. The highest BCUT2D eigenvalue weighted by atomic mass is 16.5. The van der Waals surface area contributed by atoms with Gasteiger partial charge in [-0.3, -0.25) is 0 Å². The van der Waals surface area contributed by atoms with Gasteiger partial charge in [0.2, 0.25) is 0 Å². The van der Waals surface area contributed by atoms with Crippen LogP contribution in [0.2, 0.25) is 0 Å². The van der Waals surface area contributed by atoms with E-state index in [0.717, 1.165) is 5.75 Å². The predicted molar refractivity (Wildman–Crippen MR) is 87.2 cm³/mol. The van der Waals surface area contributed by atoms with Crippen molar-refractivity contribution in [2.45, 2.75) is 26.7 Å². The molecule has 1 nitrogen and oxygen atoms in total. The standard InChI is InChI=1S/C19H22O/c1-14(2)18-13-17(11-12-19(18)20-4)10-9-16-7-5-15(3)6-8-16/h5-14H,1-4H3/b10-9+. The Labute approximate surface area is 121 Å². The molecule has 0 heterocycles. The summed E-state index contributed by atoms with van der Waals surface area (Å²) in [5.41, 5.74) is 4.96. The fourth-order valence-electron chi connectivity index (χ4n) is 2.18. The fraction of sp³-hybridized carbons (Fsp3) is 0.263. The second-order valence-corrected chi connectivity index (χ2v) is 5.40. The average Bonchev–Trinajstić information content (AvgIpc) is 2.46. The third-order valence-corrected chi connectivity index (χ3v) is 3.42. The first-order chi connectivity index (χ1) is 9.60. The number of ether oxygens (including phenoxy) is 1. The molecule has 0 unspecified atom stereocenters. The number of benzene rings is 2. The molecular formula is C19H22O.